The van der Waals surface area contributed by atoms with Crippen molar-refractivity contribution in [3.63, 3.8) is 0 Å². The number of piperidine rings is 1. The number of likely N-dealkylation sites (tertiary alicyclic amines) is 1. The van der Waals surface area contributed by atoms with Crippen molar-refractivity contribution in [3.05, 3.63) is 54.1 Å². The van der Waals surface area contributed by atoms with E-state index in [9.17, 15) is 14.7 Å². The number of esters is 1. The number of benzene rings is 2. The Kier molecular flexibility index (Phi) is 5.56. The van der Waals surface area contributed by atoms with Crippen LogP contribution in [0.3, 0.4) is 0 Å². The number of nitrogens with zero attached hydrogens (tertiary/aromatic N) is 1. The summed E-state index contributed by atoms with van der Waals surface area (Å²) in [6.45, 7) is 3.38. The van der Waals surface area contributed by atoms with E-state index in [0.29, 0.717) is 11.5 Å². The van der Waals surface area contributed by atoms with Crippen molar-refractivity contribution in [2.24, 2.45) is 5.92 Å². The molecule has 0 aliphatic carbocycles. The SMILES string of the molecule is C[C@H]1CCCN(C(=O)COC(=O)c2ccc(-c3ccc(O)cc3)cc2)C1. The van der Waals surface area contributed by atoms with E-state index in [1.165, 1.54) is 0 Å². The maximum atomic E-state index is 12.2. The van der Waals surface area contributed by atoms with Crippen LogP contribution in [0.1, 0.15) is 30.1 Å². The van der Waals surface area contributed by atoms with Gasteiger partial charge < -0.3 is 14.7 Å². The van der Waals surface area contributed by atoms with Crippen molar-refractivity contribution in [3.8, 4) is 16.9 Å². The fourth-order valence-electron chi connectivity index (χ4n) is 3.17. The van der Waals surface area contributed by atoms with Crippen molar-refractivity contribution in [1.29, 1.82) is 0 Å². The summed E-state index contributed by atoms with van der Waals surface area (Å²) in [7, 11) is 0. The summed E-state index contributed by atoms with van der Waals surface area (Å²) in [5.74, 6) is 0.0730. The molecule has 1 saturated heterocycles. The van der Waals surface area contributed by atoms with E-state index in [4.69, 9.17) is 4.74 Å². The van der Waals surface area contributed by atoms with Gasteiger partial charge in [-0.1, -0.05) is 31.2 Å². The molecule has 0 saturated carbocycles. The van der Waals surface area contributed by atoms with E-state index < -0.39 is 5.97 Å². The summed E-state index contributed by atoms with van der Waals surface area (Å²) in [5, 5.41) is 9.34. The third kappa shape index (κ3) is 4.42. The molecule has 5 heteroatoms. The normalized spacial score (nSPS) is 17.0. The van der Waals surface area contributed by atoms with Gasteiger partial charge in [0.05, 0.1) is 5.56 Å². The molecule has 26 heavy (non-hydrogen) atoms. The molecule has 2 aromatic rings. The van der Waals surface area contributed by atoms with Gasteiger partial charge in [-0.25, -0.2) is 4.79 Å². The van der Waals surface area contributed by atoms with E-state index in [2.05, 4.69) is 6.92 Å². The number of rotatable bonds is 4. The number of phenolic OH excluding ortho intramolecular Hbond substituents is 1. The van der Waals surface area contributed by atoms with Gasteiger partial charge in [-0.15, -0.1) is 0 Å². The first kappa shape index (κ1) is 18.0. The second-order valence-electron chi connectivity index (χ2n) is 6.79. The Morgan fingerprint density at radius 3 is 2.31 bits per heavy atom. The number of aromatic hydroxyl groups is 1. The smallest absolute Gasteiger partial charge is 0.338 e. The lowest BCUT2D eigenvalue weighted by molar-refractivity contribution is -0.136. The quantitative estimate of drug-likeness (QED) is 0.855. The minimum Gasteiger partial charge on any atom is -0.508 e. The molecule has 3 rings (SSSR count). The highest BCUT2D eigenvalue weighted by Gasteiger charge is 2.22. The molecular formula is C21H23NO4. The summed E-state index contributed by atoms with van der Waals surface area (Å²) < 4.78 is 5.18. The number of phenols is 1. The Bertz CT molecular complexity index is 768. The summed E-state index contributed by atoms with van der Waals surface area (Å²) in [6, 6.07) is 13.8. The monoisotopic (exact) mass is 353 g/mol. The molecule has 2 aromatic carbocycles. The molecule has 1 atom stereocenters. The Labute approximate surface area is 153 Å². The highest BCUT2D eigenvalue weighted by atomic mass is 16.5. The van der Waals surface area contributed by atoms with Crippen LogP contribution in [0.25, 0.3) is 11.1 Å². The van der Waals surface area contributed by atoms with E-state index >= 15 is 0 Å². The van der Waals surface area contributed by atoms with Gasteiger partial charge in [0.25, 0.3) is 5.91 Å². The molecule has 1 amide bonds. The second-order valence-corrected chi connectivity index (χ2v) is 6.79. The first-order valence-corrected chi connectivity index (χ1v) is 8.87. The molecule has 1 aliphatic heterocycles. The number of hydrogen-bond acceptors (Lipinski definition) is 4. The third-order valence-corrected chi connectivity index (χ3v) is 4.66. The fourth-order valence-corrected chi connectivity index (χ4v) is 3.17. The Balaban J connectivity index is 1.56. The van der Waals surface area contributed by atoms with Crippen molar-refractivity contribution < 1.29 is 19.4 Å². The summed E-state index contributed by atoms with van der Waals surface area (Å²) >= 11 is 0. The van der Waals surface area contributed by atoms with Crippen LogP contribution in [0.4, 0.5) is 0 Å². The average molecular weight is 353 g/mol. The van der Waals surface area contributed by atoms with Gasteiger partial charge in [0.1, 0.15) is 5.75 Å². The second kappa shape index (κ2) is 8.04. The van der Waals surface area contributed by atoms with Crippen LogP contribution < -0.4 is 0 Å². The van der Waals surface area contributed by atoms with Crippen molar-refractivity contribution >= 4 is 11.9 Å². The maximum absolute atomic E-state index is 12.2. The van der Waals surface area contributed by atoms with Gasteiger partial charge in [0.2, 0.25) is 0 Å². The molecule has 1 aliphatic rings. The highest BCUT2D eigenvalue weighted by Crippen LogP contribution is 2.22. The van der Waals surface area contributed by atoms with Crippen LogP contribution in [0, 0.1) is 5.92 Å². The molecule has 0 bridgehead atoms. The van der Waals surface area contributed by atoms with Gasteiger partial charge in [-0.05, 0) is 54.2 Å². The molecule has 0 unspecified atom stereocenters. The highest BCUT2D eigenvalue weighted by molar-refractivity contribution is 5.91. The van der Waals surface area contributed by atoms with Crippen molar-refractivity contribution in [2.75, 3.05) is 19.7 Å². The number of hydrogen-bond donors (Lipinski definition) is 1. The molecule has 0 aromatic heterocycles. The molecule has 0 spiro atoms. The Morgan fingerprint density at radius 1 is 1.08 bits per heavy atom. The summed E-state index contributed by atoms with van der Waals surface area (Å²) in [5.41, 5.74) is 2.28. The maximum Gasteiger partial charge on any atom is 0.338 e. The molecule has 1 N–H and O–H groups in total. The van der Waals surface area contributed by atoms with E-state index in [1.54, 1.807) is 41.3 Å². The van der Waals surface area contributed by atoms with Crippen LogP contribution in [0.5, 0.6) is 5.75 Å². The van der Waals surface area contributed by atoms with Crippen molar-refractivity contribution in [2.45, 2.75) is 19.8 Å². The molecule has 1 heterocycles. The van der Waals surface area contributed by atoms with Crippen LogP contribution >= 0.6 is 0 Å². The Hall–Kier alpha value is -2.82. The first-order chi connectivity index (χ1) is 12.5. The lowest BCUT2D eigenvalue weighted by Crippen LogP contribution is -2.41. The van der Waals surface area contributed by atoms with Gasteiger partial charge in [0, 0.05) is 13.1 Å². The predicted molar refractivity (Wildman–Crippen MR) is 98.8 cm³/mol. The number of carbonyl (C=O) groups excluding carboxylic acids is 2. The van der Waals surface area contributed by atoms with Gasteiger partial charge in [-0.2, -0.15) is 0 Å². The zero-order valence-electron chi connectivity index (χ0n) is 14.9. The molecule has 5 nitrogen and oxygen atoms in total. The van der Waals surface area contributed by atoms with E-state index in [-0.39, 0.29) is 18.3 Å². The third-order valence-electron chi connectivity index (χ3n) is 4.66. The minimum atomic E-state index is -0.499. The van der Waals surface area contributed by atoms with Gasteiger partial charge in [0.15, 0.2) is 6.61 Å². The number of carbonyl (C=O) groups is 2. The lowest BCUT2D eigenvalue weighted by Gasteiger charge is -2.30. The number of ether oxygens (including phenoxy) is 1. The minimum absolute atomic E-state index is 0.134. The lowest BCUT2D eigenvalue weighted by atomic mass is 10.0. The fraction of sp³-hybridized carbons (Fsp3) is 0.333. The molecule has 136 valence electrons. The summed E-state index contributed by atoms with van der Waals surface area (Å²) in [6.07, 6.45) is 2.14. The van der Waals surface area contributed by atoms with Crippen LogP contribution in [-0.4, -0.2) is 41.6 Å². The molecule has 0 radical (unpaired) electrons. The Morgan fingerprint density at radius 2 is 1.69 bits per heavy atom. The zero-order valence-corrected chi connectivity index (χ0v) is 14.9. The van der Waals surface area contributed by atoms with Crippen LogP contribution in [0.15, 0.2) is 48.5 Å². The zero-order chi connectivity index (χ0) is 18.5. The predicted octanol–water partition coefficient (Wildman–Crippen LogP) is 3.47. The summed E-state index contributed by atoms with van der Waals surface area (Å²) in [4.78, 5) is 26.1. The van der Waals surface area contributed by atoms with E-state index in [0.717, 1.165) is 37.1 Å². The molecule has 1 fully saturated rings. The van der Waals surface area contributed by atoms with Gasteiger partial charge in [-0.3, -0.25) is 4.79 Å². The topological polar surface area (TPSA) is 66.8 Å². The standard InChI is InChI=1S/C21H23NO4/c1-15-3-2-12-22(13-15)20(24)14-26-21(25)18-6-4-16(5-7-18)17-8-10-19(23)11-9-17/h4-11,15,23H,2-3,12-14H2,1H3/t15-/m0/s1. The first-order valence-electron chi connectivity index (χ1n) is 8.87. The number of amides is 1. The van der Waals surface area contributed by atoms with Gasteiger partial charge >= 0.3 is 5.97 Å². The van der Waals surface area contributed by atoms with E-state index in [1.807, 2.05) is 12.1 Å². The molecular weight excluding hydrogens is 330 g/mol. The van der Waals surface area contributed by atoms with Crippen LogP contribution in [-0.2, 0) is 9.53 Å². The average Bonchev–Trinajstić information content (AvgIpc) is 2.66. The van der Waals surface area contributed by atoms with Crippen LogP contribution in [0.2, 0.25) is 0 Å². The van der Waals surface area contributed by atoms with Crippen molar-refractivity contribution in [1.82, 2.24) is 4.90 Å². The largest absolute Gasteiger partial charge is 0.508 e.